The van der Waals surface area contributed by atoms with Crippen molar-refractivity contribution < 1.29 is 19.4 Å². The number of halogens is 1. The van der Waals surface area contributed by atoms with Crippen LogP contribution in [0.5, 0.6) is 11.5 Å². The molecule has 2 atom stereocenters. The molecule has 6 nitrogen and oxygen atoms in total. The number of carbonyl (C=O) groups is 2. The van der Waals surface area contributed by atoms with Gasteiger partial charge in [0.2, 0.25) is 5.91 Å². The van der Waals surface area contributed by atoms with Crippen LogP contribution in [0.1, 0.15) is 56.9 Å². The van der Waals surface area contributed by atoms with Crippen LogP contribution in [0.15, 0.2) is 40.2 Å². The van der Waals surface area contributed by atoms with Gasteiger partial charge in [-0.15, -0.1) is 0 Å². The van der Waals surface area contributed by atoms with Crippen LogP contribution < -0.4 is 10.1 Å². The molecule has 2 aliphatic heterocycles. The normalized spacial score (nSPS) is 24.0. The average molecular weight is 489 g/mol. The van der Waals surface area contributed by atoms with Crippen molar-refractivity contribution in [3.63, 3.8) is 0 Å². The van der Waals surface area contributed by atoms with Gasteiger partial charge in [-0.3, -0.25) is 9.59 Å². The lowest BCUT2D eigenvalue weighted by Gasteiger charge is -2.41. The maximum absolute atomic E-state index is 13.7. The molecule has 0 saturated carbocycles. The first-order chi connectivity index (χ1) is 14.9. The standard InChI is InChI=1S/C24H29BrN2O4/c1-3-31-19-13-15(12-16(25)23(19)29)21-20(24(30)27-10-5-4-6-11-27)14(2)26-17-8-7-9-18(28)22(17)21/h12-13,20-21,26,29H,2-11H2,1H3. The summed E-state index contributed by atoms with van der Waals surface area (Å²) >= 11 is 3.42. The maximum atomic E-state index is 13.7. The third-order valence-electron chi connectivity index (χ3n) is 6.43. The maximum Gasteiger partial charge on any atom is 0.232 e. The molecule has 7 heteroatoms. The fourth-order valence-corrected chi connectivity index (χ4v) is 5.45. The third-order valence-corrected chi connectivity index (χ3v) is 7.04. The van der Waals surface area contributed by atoms with Gasteiger partial charge in [-0.1, -0.05) is 6.58 Å². The minimum Gasteiger partial charge on any atom is -0.503 e. The van der Waals surface area contributed by atoms with Gasteiger partial charge in [0.15, 0.2) is 17.3 Å². The molecule has 31 heavy (non-hydrogen) atoms. The molecule has 166 valence electrons. The first kappa shape index (κ1) is 21.9. The van der Waals surface area contributed by atoms with Gasteiger partial charge in [-0.2, -0.15) is 0 Å². The van der Waals surface area contributed by atoms with Crippen LogP contribution in [-0.2, 0) is 9.59 Å². The second-order valence-corrected chi connectivity index (χ2v) is 9.30. The Bertz CT molecular complexity index is 949. The molecule has 1 aromatic rings. The SMILES string of the molecule is C=C1NC2=C(C(=O)CCC2)C(c2cc(Br)c(O)c(OCC)c2)C1C(=O)N1CCCCC1. The quantitative estimate of drug-likeness (QED) is 0.656. The number of likely N-dealkylation sites (tertiary alicyclic amines) is 1. The van der Waals surface area contributed by atoms with Crippen molar-refractivity contribution in [2.24, 2.45) is 5.92 Å². The Morgan fingerprint density at radius 1 is 1.26 bits per heavy atom. The molecule has 1 saturated heterocycles. The Balaban J connectivity index is 1.85. The van der Waals surface area contributed by atoms with E-state index in [-0.39, 0.29) is 17.4 Å². The number of phenols is 1. The Morgan fingerprint density at radius 2 is 2.00 bits per heavy atom. The van der Waals surface area contributed by atoms with Crippen molar-refractivity contribution in [1.82, 2.24) is 10.2 Å². The van der Waals surface area contributed by atoms with Crippen LogP contribution in [0.3, 0.4) is 0 Å². The second kappa shape index (κ2) is 9.07. The smallest absolute Gasteiger partial charge is 0.232 e. The predicted octanol–water partition coefficient (Wildman–Crippen LogP) is 4.39. The summed E-state index contributed by atoms with van der Waals surface area (Å²) in [6.45, 7) is 7.92. The van der Waals surface area contributed by atoms with Crippen LogP contribution in [0, 0.1) is 5.92 Å². The first-order valence-electron chi connectivity index (χ1n) is 11.1. The van der Waals surface area contributed by atoms with Gasteiger partial charge >= 0.3 is 0 Å². The predicted molar refractivity (Wildman–Crippen MR) is 122 cm³/mol. The summed E-state index contributed by atoms with van der Waals surface area (Å²) < 4.78 is 6.12. The lowest BCUT2D eigenvalue weighted by Crippen LogP contribution is -2.47. The van der Waals surface area contributed by atoms with E-state index in [9.17, 15) is 14.7 Å². The van der Waals surface area contributed by atoms with Gasteiger partial charge < -0.3 is 20.1 Å². The van der Waals surface area contributed by atoms with E-state index in [1.165, 1.54) is 0 Å². The summed E-state index contributed by atoms with van der Waals surface area (Å²) in [5, 5.41) is 13.7. The summed E-state index contributed by atoms with van der Waals surface area (Å²) in [6.07, 6.45) is 5.15. The zero-order valence-electron chi connectivity index (χ0n) is 17.9. The fraction of sp³-hybridized carbons (Fsp3) is 0.500. The number of rotatable bonds is 4. The van der Waals surface area contributed by atoms with Crippen LogP contribution in [0.2, 0.25) is 0 Å². The number of allylic oxidation sites excluding steroid dienone is 2. The van der Waals surface area contributed by atoms with E-state index in [0.717, 1.165) is 56.5 Å². The van der Waals surface area contributed by atoms with E-state index in [2.05, 4.69) is 27.8 Å². The highest BCUT2D eigenvalue weighted by Gasteiger charge is 2.44. The molecule has 4 rings (SSSR count). The highest BCUT2D eigenvalue weighted by molar-refractivity contribution is 9.10. The number of amides is 1. The highest BCUT2D eigenvalue weighted by atomic mass is 79.9. The molecule has 0 aromatic heterocycles. The molecular formula is C24H29BrN2O4. The van der Waals surface area contributed by atoms with Crippen molar-refractivity contribution in [2.45, 2.75) is 51.4 Å². The minimum atomic E-state index is -0.579. The summed E-state index contributed by atoms with van der Waals surface area (Å²) in [4.78, 5) is 28.7. The molecule has 2 unspecified atom stereocenters. The van der Waals surface area contributed by atoms with Crippen molar-refractivity contribution >= 4 is 27.6 Å². The van der Waals surface area contributed by atoms with Gasteiger partial charge in [0.1, 0.15) is 0 Å². The van der Waals surface area contributed by atoms with E-state index < -0.39 is 11.8 Å². The lowest BCUT2D eigenvalue weighted by molar-refractivity contribution is -0.136. The van der Waals surface area contributed by atoms with Crippen molar-refractivity contribution in [3.8, 4) is 11.5 Å². The van der Waals surface area contributed by atoms with E-state index in [1.807, 2.05) is 11.8 Å². The molecular weight excluding hydrogens is 460 g/mol. The van der Waals surface area contributed by atoms with Crippen LogP contribution in [0.25, 0.3) is 0 Å². The molecule has 1 fully saturated rings. The van der Waals surface area contributed by atoms with Gasteiger partial charge in [-0.05, 0) is 72.7 Å². The number of nitrogens with zero attached hydrogens (tertiary/aromatic N) is 1. The number of nitrogens with one attached hydrogen (secondary N) is 1. The van der Waals surface area contributed by atoms with Crippen molar-refractivity contribution in [1.29, 1.82) is 0 Å². The number of phenolic OH excluding ortho intramolecular Hbond substituents is 1. The number of ether oxygens (including phenoxy) is 1. The molecule has 0 spiro atoms. The molecule has 0 radical (unpaired) electrons. The molecule has 2 N–H and O–H groups in total. The van der Waals surface area contributed by atoms with Crippen LogP contribution >= 0.6 is 15.9 Å². The largest absolute Gasteiger partial charge is 0.503 e. The van der Waals surface area contributed by atoms with Crippen LogP contribution in [-0.4, -0.2) is 41.4 Å². The zero-order chi connectivity index (χ0) is 22.1. The summed E-state index contributed by atoms with van der Waals surface area (Å²) in [5.74, 6) is -0.599. The summed E-state index contributed by atoms with van der Waals surface area (Å²) in [7, 11) is 0. The molecule has 1 aliphatic carbocycles. The number of ketones is 1. The second-order valence-electron chi connectivity index (χ2n) is 8.44. The highest BCUT2D eigenvalue weighted by Crippen LogP contribution is 2.47. The molecule has 1 aromatic carbocycles. The Kier molecular flexibility index (Phi) is 6.42. The Morgan fingerprint density at radius 3 is 2.71 bits per heavy atom. The van der Waals surface area contributed by atoms with E-state index in [1.54, 1.807) is 12.1 Å². The molecule has 0 bridgehead atoms. The van der Waals surface area contributed by atoms with Crippen LogP contribution in [0.4, 0.5) is 0 Å². The van der Waals surface area contributed by atoms with E-state index in [4.69, 9.17) is 4.74 Å². The molecule has 3 aliphatic rings. The van der Waals surface area contributed by atoms with Gasteiger partial charge in [0, 0.05) is 42.4 Å². The Hall–Kier alpha value is -2.28. The molecule has 2 heterocycles. The van der Waals surface area contributed by atoms with E-state index in [0.29, 0.717) is 34.5 Å². The Labute approximate surface area is 191 Å². The summed E-state index contributed by atoms with van der Waals surface area (Å²) in [5.41, 5.74) is 2.95. The minimum absolute atomic E-state index is 0.00859. The van der Waals surface area contributed by atoms with Crippen molar-refractivity contribution in [3.05, 3.63) is 45.7 Å². The number of hydrogen-bond acceptors (Lipinski definition) is 5. The molecule has 1 amide bonds. The lowest BCUT2D eigenvalue weighted by atomic mass is 9.71. The zero-order valence-corrected chi connectivity index (χ0v) is 19.5. The summed E-state index contributed by atoms with van der Waals surface area (Å²) in [6, 6.07) is 3.56. The number of carbonyl (C=O) groups excluding carboxylic acids is 2. The number of hydrogen-bond donors (Lipinski definition) is 2. The first-order valence-corrected chi connectivity index (χ1v) is 11.9. The number of Topliss-reactive ketones (excluding diaryl/α,β-unsaturated/α-hetero) is 1. The number of piperidine rings is 1. The number of aromatic hydroxyl groups is 1. The fourth-order valence-electron chi connectivity index (χ4n) is 4.99. The average Bonchev–Trinajstić information content (AvgIpc) is 2.76. The third kappa shape index (κ3) is 4.12. The van der Waals surface area contributed by atoms with Gasteiger partial charge in [0.25, 0.3) is 0 Å². The number of benzene rings is 1. The van der Waals surface area contributed by atoms with Gasteiger partial charge in [-0.25, -0.2) is 0 Å². The van der Waals surface area contributed by atoms with E-state index >= 15 is 0 Å². The topological polar surface area (TPSA) is 78.9 Å². The van der Waals surface area contributed by atoms with Gasteiger partial charge in [0.05, 0.1) is 17.0 Å². The van der Waals surface area contributed by atoms with Crippen molar-refractivity contribution in [2.75, 3.05) is 19.7 Å². The monoisotopic (exact) mass is 488 g/mol.